The predicted octanol–water partition coefficient (Wildman–Crippen LogP) is 1.23. The van der Waals surface area contributed by atoms with Gasteiger partial charge in [-0.3, -0.25) is 0 Å². The molecule has 0 unspecified atom stereocenters. The maximum absolute atomic E-state index is 9.51. The van der Waals surface area contributed by atoms with Crippen LogP contribution >= 0.6 is 11.6 Å². The molecule has 4 nitrogen and oxygen atoms in total. The normalized spacial score (nSPS) is 13.4. The first kappa shape index (κ1) is 8.47. The number of ether oxygens (including phenoxy) is 2. The molecule has 1 aliphatic rings. The van der Waals surface area contributed by atoms with Gasteiger partial charge in [-0.05, 0) is 6.07 Å². The smallest absolute Gasteiger partial charge is 0.231 e. The number of nitrogens with two attached hydrogens (primary N) is 1. The molecule has 13 heavy (non-hydrogen) atoms. The van der Waals surface area contributed by atoms with Crippen LogP contribution < -0.4 is 15.2 Å². The van der Waals surface area contributed by atoms with Crippen molar-refractivity contribution in [2.75, 3.05) is 6.79 Å². The second-order valence-corrected chi connectivity index (χ2v) is 3.01. The summed E-state index contributed by atoms with van der Waals surface area (Å²) in [7, 11) is 0. The number of hydrogen-bond acceptors (Lipinski definition) is 4. The largest absolute Gasteiger partial charge is 0.506 e. The van der Waals surface area contributed by atoms with E-state index in [1.807, 2.05) is 0 Å². The lowest BCUT2D eigenvalue weighted by atomic mass is 10.2. The molecule has 1 heterocycles. The summed E-state index contributed by atoms with van der Waals surface area (Å²) < 4.78 is 10.2. The summed E-state index contributed by atoms with van der Waals surface area (Å²) in [6, 6.07) is 1.63. The van der Waals surface area contributed by atoms with E-state index >= 15 is 0 Å². The molecule has 2 rings (SSSR count). The van der Waals surface area contributed by atoms with Crippen molar-refractivity contribution < 1.29 is 14.6 Å². The number of fused-ring (bicyclic) bond motifs is 1. The Labute approximate surface area is 79.8 Å². The molecule has 0 atom stereocenters. The first-order valence-corrected chi connectivity index (χ1v) is 4.12. The summed E-state index contributed by atoms with van der Waals surface area (Å²) in [6.07, 6.45) is 0. The van der Waals surface area contributed by atoms with E-state index < -0.39 is 0 Å². The zero-order valence-electron chi connectivity index (χ0n) is 6.71. The van der Waals surface area contributed by atoms with Gasteiger partial charge in [0.2, 0.25) is 6.79 Å². The Morgan fingerprint density at radius 2 is 2.31 bits per heavy atom. The van der Waals surface area contributed by atoms with Crippen LogP contribution in [0.25, 0.3) is 0 Å². The number of phenols is 1. The third kappa shape index (κ3) is 1.18. The standard InChI is InChI=1S/C8H8ClNO3/c9-6-7(11)4(2-10)1-5-8(6)13-3-12-5/h1,11H,2-3,10H2. The number of benzene rings is 1. The molecule has 0 saturated heterocycles. The van der Waals surface area contributed by atoms with Crippen molar-refractivity contribution >= 4 is 11.6 Å². The van der Waals surface area contributed by atoms with Gasteiger partial charge in [0.25, 0.3) is 0 Å². The average Bonchev–Trinajstić information content (AvgIpc) is 2.59. The summed E-state index contributed by atoms with van der Waals surface area (Å²) in [6.45, 7) is 0.338. The highest BCUT2D eigenvalue weighted by atomic mass is 35.5. The summed E-state index contributed by atoms with van der Waals surface area (Å²) >= 11 is 5.81. The molecule has 1 aromatic rings. The molecule has 0 bridgehead atoms. The fourth-order valence-electron chi connectivity index (χ4n) is 1.20. The van der Waals surface area contributed by atoms with Gasteiger partial charge in [0.05, 0.1) is 0 Å². The van der Waals surface area contributed by atoms with Crippen molar-refractivity contribution in [1.82, 2.24) is 0 Å². The predicted molar refractivity (Wildman–Crippen MR) is 47.1 cm³/mol. The van der Waals surface area contributed by atoms with Crippen LogP contribution in [-0.2, 0) is 6.54 Å². The van der Waals surface area contributed by atoms with Crippen molar-refractivity contribution in [3.63, 3.8) is 0 Å². The number of phenolic OH excluding ortho intramolecular Hbond substituents is 1. The highest BCUT2D eigenvalue weighted by Gasteiger charge is 2.22. The van der Waals surface area contributed by atoms with Crippen molar-refractivity contribution in [3.05, 3.63) is 16.7 Å². The van der Waals surface area contributed by atoms with E-state index in [1.54, 1.807) is 6.07 Å². The highest BCUT2D eigenvalue weighted by molar-refractivity contribution is 6.34. The van der Waals surface area contributed by atoms with Gasteiger partial charge in [-0.1, -0.05) is 11.6 Å². The fraction of sp³-hybridized carbons (Fsp3) is 0.250. The van der Waals surface area contributed by atoms with Crippen molar-refractivity contribution in [3.8, 4) is 17.2 Å². The first-order valence-electron chi connectivity index (χ1n) is 3.74. The number of aromatic hydroxyl groups is 1. The first-order chi connectivity index (χ1) is 6.24. The van der Waals surface area contributed by atoms with Gasteiger partial charge in [0.15, 0.2) is 11.5 Å². The average molecular weight is 202 g/mol. The molecule has 0 spiro atoms. The summed E-state index contributed by atoms with van der Waals surface area (Å²) in [5.74, 6) is 0.882. The van der Waals surface area contributed by atoms with E-state index in [2.05, 4.69) is 0 Å². The van der Waals surface area contributed by atoms with Gasteiger partial charge < -0.3 is 20.3 Å². The van der Waals surface area contributed by atoms with E-state index in [1.165, 1.54) is 0 Å². The van der Waals surface area contributed by atoms with Crippen LogP contribution in [0.4, 0.5) is 0 Å². The van der Waals surface area contributed by atoms with Gasteiger partial charge in [0.1, 0.15) is 10.8 Å². The number of hydrogen-bond donors (Lipinski definition) is 2. The van der Waals surface area contributed by atoms with Crippen molar-refractivity contribution in [2.45, 2.75) is 6.54 Å². The minimum absolute atomic E-state index is 0.0339. The van der Waals surface area contributed by atoms with Gasteiger partial charge in [0, 0.05) is 12.1 Å². The summed E-state index contributed by atoms with van der Waals surface area (Å²) in [4.78, 5) is 0. The fourth-order valence-corrected chi connectivity index (χ4v) is 1.47. The van der Waals surface area contributed by atoms with Crippen LogP contribution in [0.3, 0.4) is 0 Å². The van der Waals surface area contributed by atoms with Crippen LogP contribution in [0.2, 0.25) is 5.02 Å². The molecule has 0 fully saturated rings. The second-order valence-electron chi connectivity index (χ2n) is 2.64. The van der Waals surface area contributed by atoms with Crippen LogP contribution in [0.1, 0.15) is 5.56 Å². The lowest BCUT2D eigenvalue weighted by Gasteiger charge is -2.06. The zero-order chi connectivity index (χ0) is 9.42. The van der Waals surface area contributed by atoms with Crippen LogP contribution in [0.15, 0.2) is 6.07 Å². The summed E-state index contributed by atoms with van der Waals surface area (Å²) in [5.41, 5.74) is 5.95. The minimum atomic E-state index is -0.0339. The topological polar surface area (TPSA) is 64.7 Å². The van der Waals surface area contributed by atoms with E-state index in [4.69, 9.17) is 26.8 Å². The highest BCUT2D eigenvalue weighted by Crippen LogP contribution is 2.45. The van der Waals surface area contributed by atoms with Crippen LogP contribution in [-0.4, -0.2) is 11.9 Å². The number of halogens is 1. The Bertz CT molecular complexity index is 353. The molecule has 1 aromatic carbocycles. The molecule has 3 N–H and O–H groups in total. The van der Waals surface area contributed by atoms with Gasteiger partial charge in [-0.25, -0.2) is 0 Å². The quantitative estimate of drug-likeness (QED) is 0.718. The molecule has 0 aliphatic carbocycles. The van der Waals surface area contributed by atoms with Crippen LogP contribution in [0, 0.1) is 0 Å². The summed E-state index contributed by atoms with van der Waals surface area (Å²) in [5, 5.41) is 9.68. The van der Waals surface area contributed by atoms with E-state index in [-0.39, 0.29) is 24.1 Å². The Balaban J connectivity index is 2.61. The molecule has 0 saturated carbocycles. The Morgan fingerprint density at radius 3 is 3.00 bits per heavy atom. The lowest BCUT2D eigenvalue weighted by molar-refractivity contribution is 0.174. The second kappa shape index (κ2) is 2.97. The third-order valence-electron chi connectivity index (χ3n) is 1.88. The SMILES string of the molecule is NCc1cc2c(c(Cl)c1O)OCO2. The van der Waals surface area contributed by atoms with E-state index in [0.29, 0.717) is 17.1 Å². The molecule has 0 radical (unpaired) electrons. The van der Waals surface area contributed by atoms with Crippen LogP contribution in [0.5, 0.6) is 17.2 Å². The van der Waals surface area contributed by atoms with Crippen molar-refractivity contribution in [1.29, 1.82) is 0 Å². The molecule has 0 aromatic heterocycles. The molecular weight excluding hydrogens is 194 g/mol. The van der Waals surface area contributed by atoms with E-state index in [0.717, 1.165) is 0 Å². The lowest BCUT2D eigenvalue weighted by Crippen LogP contribution is -1.97. The molecule has 5 heteroatoms. The maximum Gasteiger partial charge on any atom is 0.231 e. The van der Waals surface area contributed by atoms with Gasteiger partial charge in [-0.15, -0.1) is 0 Å². The monoisotopic (exact) mass is 201 g/mol. The molecule has 1 aliphatic heterocycles. The Morgan fingerprint density at radius 1 is 1.54 bits per heavy atom. The van der Waals surface area contributed by atoms with Crippen molar-refractivity contribution in [2.24, 2.45) is 5.73 Å². The minimum Gasteiger partial charge on any atom is -0.506 e. The third-order valence-corrected chi connectivity index (χ3v) is 2.23. The van der Waals surface area contributed by atoms with E-state index in [9.17, 15) is 5.11 Å². The zero-order valence-corrected chi connectivity index (χ0v) is 7.47. The van der Waals surface area contributed by atoms with Gasteiger partial charge >= 0.3 is 0 Å². The Kier molecular flexibility index (Phi) is 1.94. The molecule has 0 amide bonds. The molecule has 70 valence electrons. The number of rotatable bonds is 1. The maximum atomic E-state index is 9.51. The van der Waals surface area contributed by atoms with Gasteiger partial charge in [-0.2, -0.15) is 0 Å². The molecular formula is C8H8ClNO3. The Hall–Kier alpha value is -1.13.